The number of methoxy groups -OCH3 is 1. The number of amides is 2. The second-order valence-electron chi connectivity index (χ2n) is 7.66. The van der Waals surface area contributed by atoms with E-state index in [0.717, 1.165) is 11.1 Å². The minimum absolute atomic E-state index is 0.106. The fraction of sp³-hybridized carbons (Fsp3) is 0.231. The van der Waals surface area contributed by atoms with Gasteiger partial charge in [-0.25, -0.2) is 0 Å². The van der Waals surface area contributed by atoms with Gasteiger partial charge in [-0.3, -0.25) is 9.59 Å². The van der Waals surface area contributed by atoms with Crippen molar-refractivity contribution in [3.05, 3.63) is 102 Å². The summed E-state index contributed by atoms with van der Waals surface area (Å²) in [5, 5.41) is 6.02. The smallest absolute Gasteiger partial charge is 0.255 e. The van der Waals surface area contributed by atoms with Crippen LogP contribution in [0.3, 0.4) is 0 Å². The Balaban J connectivity index is 1.84. The van der Waals surface area contributed by atoms with Crippen molar-refractivity contribution in [2.75, 3.05) is 7.11 Å². The van der Waals surface area contributed by atoms with Crippen molar-refractivity contribution in [3.63, 3.8) is 0 Å². The van der Waals surface area contributed by atoms with Crippen molar-refractivity contribution < 1.29 is 14.3 Å². The largest absolute Gasteiger partial charge is 0.496 e. The maximum absolute atomic E-state index is 13.3. The lowest BCUT2D eigenvalue weighted by Gasteiger charge is -2.26. The van der Waals surface area contributed by atoms with Crippen LogP contribution in [0.1, 0.15) is 41.4 Å². The third-order valence-electron chi connectivity index (χ3n) is 5.14. The van der Waals surface area contributed by atoms with E-state index in [0.29, 0.717) is 11.3 Å². The molecule has 0 bridgehead atoms. The number of carbonyl (C=O) groups excluding carboxylic acids is 2. The molecule has 0 aliphatic rings. The summed E-state index contributed by atoms with van der Waals surface area (Å²) >= 11 is 0. The molecule has 31 heavy (non-hydrogen) atoms. The summed E-state index contributed by atoms with van der Waals surface area (Å²) in [6.45, 7) is 3.82. The molecule has 5 nitrogen and oxygen atoms in total. The van der Waals surface area contributed by atoms with Crippen molar-refractivity contribution >= 4 is 11.8 Å². The molecule has 0 aromatic heterocycles. The maximum atomic E-state index is 13.3. The van der Waals surface area contributed by atoms with Crippen molar-refractivity contribution in [3.8, 4) is 5.75 Å². The molecule has 2 amide bonds. The molecule has 0 aliphatic heterocycles. The molecule has 1 atom stereocenters. The Morgan fingerprint density at radius 3 is 1.77 bits per heavy atom. The molecular formula is C26H28N2O3. The Kier molecular flexibility index (Phi) is 7.44. The number of carbonyl (C=O) groups is 2. The molecule has 3 aromatic carbocycles. The Morgan fingerprint density at radius 2 is 1.26 bits per heavy atom. The highest BCUT2D eigenvalue weighted by atomic mass is 16.5. The first-order chi connectivity index (χ1) is 15.0. The van der Waals surface area contributed by atoms with E-state index >= 15 is 0 Å². The molecule has 0 heterocycles. The van der Waals surface area contributed by atoms with Crippen LogP contribution in [-0.2, 0) is 4.79 Å². The normalized spacial score (nSPS) is 11.8. The van der Waals surface area contributed by atoms with Crippen molar-refractivity contribution in [2.45, 2.75) is 25.9 Å². The van der Waals surface area contributed by atoms with E-state index in [-0.39, 0.29) is 23.8 Å². The number of benzene rings is 3. The molecule has 0 saturated heterocycles. The molecule has 3 rings (SSSR count). The quantitative estimate of drug-likeness (QED) is 0.574. The fourth-order valence-corrected chi connectivity index (χ4v) is 3.47. The Labute approximate surface area is 183 Å². The van der Waals surface area contributed by atoms with Crippen LogP contribution in [0.25, 0.3) is 0 Å². The lowest BCUT2D eigenvalue weighted by atomic mass is 9.96. The molecule has 0 saturated carbocycles. The summed E-state index contributed by atoms with van der Waals surface area (Å²) < 4.78 is 5.29. The van der Waals surface area contributed by atoms with E-state index in [1.807, 2.05) is 74.5 Å². The first-order valence-electron chi connectivity index (χ1n) is 10.4. The van der Waals surface area contributed by atoms with Crippen molar-refractivity contribution in [2.24, 2.45) is 5.92 Å². The Bertz CT molecular complexity index is 964. The monoisotopic (exact) mass is 416 g/mol. The first-order valence-corrected chi connectivity index (χ1v) is 10.4. The van der Waals surface area contributed by atoms with Crippen molar-refractivity contribution in [1.82, 2.24) is 10.6 Å². The van der Waals surface area contributed by atoms with Gasteiger partial charge in [0, 0.05) is 0 Å². The van der Waals surface area contributed by atoms with Crippen LogP contribution in [0.15, 0.2) is 84.9 Å². The third-order valence-corrected chi connectivity index (χ3v) is 5.14. The zero-order chi connectivity index (χ0) is 22.2. The number of hydrogen-bond donors (Lipinski definition) is 2. The Hall–Kier alpha value is -3.60. The fourth-order valence-electron chi connectivity index (χ4n) is 3.47. The van der Waals surface area contributed by atoms with Crippen LogP contribution in [0.5, 0.6) is 5.75 Å². The van der Waals surface area contributed by atoms with Crippen LogP contribution in [-0.4, -0.2) is 25.0 Å². The summed E-state index contributed by atoms with van der Waals surface area (Å²) in [6, 6.07) is 25.5. The molecule has 0 aliphatic carbocycles. The maximum Gasteiger partial charge on any atom is 0.255 e. The highest BCUT2D eigenvalue weighted by molar-refractivity contribution is 5.99. The summed E-state index contributed by atoms with van der Waals surface area (Å²) in [6.07, 6.45) is 0. The van der Waals surface area contributed by atoms with Crippen LogP contribution in [0, 0.1) is 5.92 Å². The topological polar surface area (TPSA) is 67.4 Å². The third kappa shape index (κ3) is 5.51. The highest BCUT2D eigenvalue weighted by Crippen LogP contribution is 2.23. The molecule has 0 fully saturated rings. The van der Waals surface area contributed by atoms with Gasteiger partial charge in [0.1, 0.15) is 11.8 Å². The zero-order valence-electron chi connectivity index (χ0n) is 18.0. The Morgan fingerprint density at radius 1 is 0.742 bits per heavy atom. The van der Waals surface area contributed by atoms with Gasteiger partial charge in [0.25, 0.3) is 5.91 Å². The van der Waals surface area contributed by atoms with E-state index in [2.05, 4.69) is 10.6 Å². The predicted octanol–water partition coefficient (Wildman–Crippen LogP) is 4.36. The van der Waals surface area contributed by atoms with Gasteiger partial charge in [-0.1, -0.05) is 86.6 Å². The predicted molar refractivity (Wildman–Crippen MR) is 122 cm³/mol. The van der Waals surface area contributed by atoms with Gasteiger partial charge in [0.15, 0.2) is 0 Å². The summed E-state index contributed by atoms with van der Waals surface area (Å²) in [5.41, 5.74) is 2.34. The summed E-state index contributed by atoms with van der Waals surface area (Å²) in [4.78, 5) is 26.2. The molecule has 5 heteroatoms. The first kappa shape index (κ1) is 22.1. The van der Waals surface area contributed by atoms with Gasteiger partial charge >= 0.3 is 0 Å². The molecule has 160 valence electrons. The van der Waals surface area contributed by atoms with Crippen LogP contribution in [0.2, 0.25) is 0 Å². The average Bonchev–Trinajstić information content (AvgIpc) is 2.81. The molecular weight excluding hydrogens is 388 g/mol. The molecule has 3 aromatic rings. The molecule has 0 radical (unpaired) electrons. The highest BCUT2D eigenvalue weighted by Gasteiger charge is 2.28. The number of nitrogens with one attached hydrogen (secondary N) is 2. The SMILES string of the molecule is COc1ccccc1C(=O)N[C@H](C(=O)NC(c1ccccc1)c1ccccc1)C(C)C. The van der Waals surface area contributed by atoms with Crippen LogP contribution >= 0.6 is 0 Å². The van der Waals surface area contributed by atoms with Crippen LogP contribution < -0.4 is 15.4 Å². The minimum Gasteiger partial charge on any atom is -0.496 e. The van der Waals surface area contributed by atoms with E-state index < -0.39 is 6.04 Å². The number of ether oxygens (including phenoxy) is 1. The molecule has 0 unspecified atom stereocenters. The number of para-hydroxylation sites is 1. The van der Waals surface area contributed by atoms with Gasteiger partial charge in [0.05, 0.1) is 18.7 Å². The van der Waals surface area contributed by atoms with Gasteiger partial charge < -0.3 is 15.4 Å². The van der Waals surface area contributed by atoms with Gasteiger partial charge in [0.2, 0.25) is 5.91 Å². The van der Waals surface area contributed by atoms with E-state index in [1.54, 1.807) is 24.3 Å². The summed E-state index contributed by atoms with van der Waals surface area (Å²) in [7, 11) is 1.52. The second-order valence-corrected chi connectivity index (χ2v) is 7.66. The van der Waals surface area contributed by atoms with Crippen molar-refractivity contribution in [1.29, 1.82) is 0 Å². The number of rotatable bonds is 8. The lowest BCUT2D eigenvalue weighted by Crippen LogP contribution is -2.50. The number of hydrogen-bond acceptors (Lipinski definition) is 3. The van der Waals surface area contributed by atoms with Gasteiger partial charge in [-0.2, -0.15) is 0 Å². The minimum atomic E-state index is -0.702. The average molecular weight is 417 g/mol. The second kappa shape index (κ2) is 10.4. The van der Waals surface area contributed by atoms with Crippen LogP contribution in [0.4, 0.5) is 0 Å². The zero-order valence-corrected chi connectivity index (χ0v) is 18.0. The lowest BCUT2D eigenvalue weighted by molar-refractivity contribution is -0.124. The summed E-state index contributed by atoms with van der Waals surface area (Å²) in [5.74, 6) is -0.224. The van der Waals surface area contributed by atoms with Gasteiger partial charge in [-0.05, 0) is 29.2 Å². The standard InChI is InChI=1S/C26H28N2O3/c1-18(2)23(27-25(29)21-16-10-11-17-22(21)31-3)26(30)28-24(19-12-6-4-7-13-19)20-14-8-5-9-15-20/h4-18,23-24H,1-3H3,(H,27,29)(H,28,30)/t23-/m0/s1. The van der Waals surface area contributed by atoms with E-state index in [4.69, 9.17) is 4.74 Å². The molecule has 2 N–H and O–H groups in total. The molecule has 0 spiro atoms. The van der Waals surface area contributed by atoms with E-state index in [9.17, 15) is 9.59 Å². The van der Waals surface area contributed by atoms with Gasteiger partial charge in [-0.15, -0.1) is 0 Å². The van der Waals surface area contributed by atoms with E-state index in [1.165, 1.54) is 7.11 Å².